The minimum absolute atomic E-state index is 0.101. The molecule has 0 unspecified atom stereocenters. The number of rotatable bonds is 7. The smallest absolute Gasteiger partial charge is 0.242 e. The fourth-order valence-corrected chi connectivity index (χ4v) is 5.36. The van der Waals surface area contributed by atoms with E-state index in [4.69, 9.17) is 4.74 Å². The lowest BCUT2D eigenvalue weighted by atomic mass is 9.91. The third-order valence-electron chi connectivity index (χ3n) is 5.95. The van der Waals surface area contributed by atoms with Gasteiger partial charge in [-0.1, -0.05) is 18.2 Å². The molecule has 2 fully saturated rings. The van der Waals surface area contributed by atoms with Gasteiger partial charge in [-0.05, 0) is 43.9 Å². The fourth-order valence-electron chi connectivity index (χ4n) is 4.11. The molecule has 1 saturated carbocycles. The monoisotopic (exact) mass is 448 g/mol. The number of hydrogen-bond donors (Lipinski definition) is 2. The number of anilines is 1. The highest BCUT2D eigenvalue weighted by Crippen LogP contribution is 2.22. The van der Waals surface area contributed by atoms with E-state index in [0.717, 1.165) is 44.6 Å². The summed E-state index contributed by atoms with van der Waals surface area (Å²) in [4.78, 5) is 6.62. The molecule has 1 aromatic heterocycles. The van der Waals surface area contributed by atoms with Crippen LogP contribution in [0.2, 0.25) is 0 Å². The van der Waals surface area contributed by atoms with E-state index in [-0.39, 0.29) is 22.8 Å². The molecule has 2 aliphatic rings. The Balaban J connectivity index is 1.27. The molecule has 1 saturated heterocycles. The van der Waals surface area contributed by atoms with E-state index in [1.54, 1.807) is 24.3 Å². The quantitative estimate of drug-likeness (QED) is 0.677. The van der Waals surface area contributed by atoms with Crippen molar-refractivity contribution in [3.63, 3.8) is 0 Å². The first kappa shape index (κ1) is 22.1. The number of benzene rings is 1. The van der Waals surface area contributed by atoms with Crippen LogP contribution in [0.1, 0.15) is 31.2 Å². The molecule has 0 bridgehead atoms. The zero-order chi connectivity index (χ0) is 21.7. The molecule has 4 rings (SSSR count). The topological polar surface area (TPSA) is 83.6 Å². The number of hydrogen-bond acceptors (Lipinski definition) is 6. The standard InChI is InChI=1S/C22H29FN4O3S/c23-21-4-2-1-3-17(21)15-24-18-5-7-19(8-6-18)26-31(28,29)20-9-10-22(25-16-20)27-11-13-30-14-12-27/h1-4,9-10,16,18-19,24,26H,5-8,11-15H2/t18-,19-. The first-order chi connectivity index (χ1) is 15.0. The number of nitrogens with zero attached hydrogens (tertiary/aromatic N) is 2. The predicted molar refractivity (Wildman–Crippen MR) is 117 cm³/mol. The van der Waals surface area contributed by atoms with Crippen molar-refractivity contribution in [2.24, 2.45) is 0 Å². The van der Waals surface area contributed by atoms with Gasteiger partial charge >= 0.3 is 0 Å². The lowest BCUT2D eigenvalue weighted by Crippen LogP contribution is -2.42. The molecule has 2 N–H and O–H groups in total. The number of pyridine rings is 1. The van der Waals surface area contributed by atoms with Crippen molar-refractivity contribution in [1.82, 2.24) is 15.0 Å². The van der Waals surface area contributed by atoms with Crippen LogP contribution in [-0.2, 0) is 21.3 Å². The molecular formula is C22H29FN4O3S. The van der Waals surface area contributed by atoms with Gasteiger partial charge in [0.15, 0.2) is 0 Å². The first-order valence-corrected chi connectivity index (χ1v) is 12.3. The van der Waals surface area contributed by atoms with E-state index in [2.05, 4.69) is 19.9 Å². The Morgan fingerprint density at radius 3 is 2.42 bits per heavy atom. The van der Waals surface area contributed by atoms with Gasteiger partial charge in [0.25, 0.3) is 0 Å². The van der Waals surface area contributed by atoms with Crippen molar-refractivity contribution in [1.29, 1.82) is 0 Å². The second kappa shape index (κ2) is 10.0. The van der Waals surface area contributed by atoms with Gasteiger partial charge in [0.2, 0.25) is 10.0 Å². The second-order valence-electron chi connectivity index (χ2n) is 8.09. The van der Waals surface area contributed by atoms with Gasteiger partial charge in [-0.25, -0.2) is 22.5 Å². The molecule has 0 radical (unpaired) electrons. The Hall–Kier alpha value is -2.07. The fraction of sp³-hybridized carbons (Fsp3) is 0.500. The molecule has 168 valence electrons. The molecule has 1 aliphatic carbocycles. The van der Waals surface area contributed by atoms with Gasteiger partial charge in [0.1, 0.15) is 16.5 Å². The van der Waals surface area contributed by atoms with Crippen molar-refractivity contribution >= 4 is 15.8 Å². The van der Waals surface area contributed by atoms with Gasteiger partial charge in [-0.2, -0.15) is 0 Å². The van der Waals surface area contributed by atoms with Crippen molar-refractivity contribution < 1.29 is 17.5 Å². The van der Waals surface area contributed by atoms with Crippen molar-refractivity contribution in [2.45, 2.75) is 49.2 Å². The number of morpholine rings is 1. The maximum atomic E-state index is 13.8. The Labute approximate surface area is 183 Å². The molecule has 1 aromatic carbocycles. The minimum Gasteiger partial charge on any atom is -0.378 e. The number of aromatic nitrogens is 1. The van der Waals surface area contributed by atoms with Crippen LogP contribution in [0, 0.1) is 5.82 Å². The zero-order valence-corrected chi connectivity index (χ0v) is 18.3. The van der Waals surface area contributed by atoms with Crippen molar-refractivity contribution in [3.05, 3.63) is 54.0 Å². The Morgan fingerprint density at radius 1 is 1.03 bits per heavy atom. The molecule has 7 nitrogen and oxygen atoms in total. The summed E-state index contributed by atoms with van der Waals surface area (Å²) in [5.74, 6) is 0.563. The van der Waals surface area contributed by atoms with E-state index in [9.17, 15) is 12.8 Å². The number of ether oxygens (including phenoxy) is 1. The second-order valence-corrected chi connectivity index (χ2v) is 9.81. The Morgan fingerprint density at radius 2 is 1.74 bits per heavy atom. The average molecular weight is 449 g/mol. The molecule has 0 spiro atoms. The average Bonchev–Trinajstić information content (AvgIpc) is 2.80. The van der Waals surface area contributed by atoms with Gasteiger partial charge in [-0.3, -0.25) is 0 Å². The summed E-state index contributed by atoms with van der Waals surface area (Å²) in [5, 5.41) is 3.39. The van der Waals surface area contributed by atoms with Crippen LogP contribution >= 0.6 is 0 Å². The van der Waals surface area contributed by atoms with Gasteiger partial charge in [-0.15, -0.1) is 0 Å². The molecule has 31 heavy (non-hydrogen) atoms. The van der Waals surface area contributed by atoms with Crippen LogP contribution in [0.25, 0.3) is 0 Å². The molecule has 2 heterocycles. The molecular weight excluding hydrogens is 419 g/mol. The summed E-state index contributed by atoms with van der Waals surface area (Å²) in [6.07, 6.45) is 4.60. The van der Waals surface area contributed by atoms with Gasteiger partial charge in [0.05, 0.1) is 13.2 Å². The Bertz CT molecular complexity index is 957. The summed E-state index contributed by atoms with van der Waals surface area (Å²) in [6, 6.07) is 10.3. The van der Waals surface area contributed by atoms with Crippen LogP contribution in [-0.4, -0.2) is 51.8 Å². The molecule has 0 atom stereocenters. The van der Waals surface area contributed by atoms with E-state index < -0.39 is 10.0 Å². The summed E-state index contributed by atoms with van der Waals surface area (Å²) in [7, 11) is -3.61. The van der Waals surface area contributed by atoms with E-state index in [1.165, 1.54) is 12.3 Å². The summed E-state index contributed by atoms with van der Waals surface area (Å²) in [6.45, 7) is 3.30. The molecule has 1 aliphatic heterocycles. The van der Waals surface area contributed by atoms with Crippen LogP contribution in [0.5, 0.6) is 0 Å². The maximum absolute atomic E-state index is 13.8. The van der Waals surface area contributed by atoms with Crippen LogP contribution in [0.3, 0.4) is 0 Å². The first-order valence-electron chi connectivity index (χ1n) is 10.8. The van der Waals surface area contributed by atoms with E-state index >= 15 is 0 Å². The highest BCUT2D eigenvalue weighted by molar-refractivity contribution is 7.89. The highest BCUT2D eigenvalue weighted by Gasteiger charge is 2.26. The SMILES string of the molecule is O=S(=O)(N[C@H]1CC[C@H](NCc2ccccc2F)CC1)c1ccc(N2CCOCC2)nc1. The minimum atomic E-state index is -3.61. The third kappa shape index (κ3) is 5.79. The molecule has 2 aromatic rings. The molecule has 9 heteroatoms. The number of sulfonamides is 1. The summed E-state index contributed by atoms with van der Waals surface area (Å²) >= 11 is 0. The van der Waals surface area contributed by atoms with Crippen LogP contribution in [0.4, 0.5) is 10.2 Å². The summed E-state index contributed by atoms with van der Waals surface area (Å²) < 4.78 is 47.5. The van der Waals surface area contributed by atoms with E-state index in [1.807, 2.05) is 6.07 Å². The summed E-state index contributed by atoms with van der Waals surface area (Å²) in [5.41, 5.74) is 0.651. The zero-order valence-electron chi connectivity index (χ0n) is 17.5. The lowest BCUT2D eigenvalue weighted by Gasteiger charge is -2.30. The normalized spacial score (nSPS) is 22.4. The van der Waals surface area contributed by atoms with Gasteiger partial charge < -0.3 is 15.0 Å². The highest BCUT2D eigenvalue weighted by atomic mass is 32.2. The predicted octanol–water partition coefficient (Wildman–Crippen LogP) is 2.44. The van der Waals surface area contributed by atoms with Crippen molar-refractivity contribution in [2.75, 3.05) is 31.2 Å². The molecule has 0 amide bonds. The number of halogens is 1. The lowest BCUT2D eigenvalue weighted by molar-refractivity contribution is 0.122. The van der Waals surface area contributed by atoms with E-state index in [0.29, 0.717) is 25.3 Å². The maximum Gasteiger partial charge on any atom is 0.242 e. The third-order valence-corrected chi connectivity index (χ3v) is 7.46. The Kier molecular flexibility index (Phi) is 7.16. The van der Waals surface area contributed by atoms with Crippen LogP contribution < -0.4 is 14.9 Å². The van der Waals surface area contributed by atoms with Crippen molar-refractivity contribution in [3.8, 4) is 0 Å². The van der Waals surface area contributed by atoms with Crippen LogP contribution in [0.15, 0.2) is 47.5 Å². The largest absolute Gasteiger partial charge is 0.378 e. The van der Waals surface area contributed by atoms with Gasteiger partial charge in [0, 0.05) is 43.5 Å². The number of nitrogens with one attached hydrogen (secondary N) is 2.